The molecule has 4 nitrogen and oxygen atoms in total. The highest BCUT2D eigenvalue weighted by Gasteiger charge is 2.13. The molecule has 0 aliphatic heterocycles. The highest BCUT2D eigenvalue weighted by molar-refractivity contribution is 5.20. The topological polar surface area (TPSA) is 41.9 Å². The minimum absolute atomic E-state index is 0.280. The van der Waals surface area contributed by atoms with Gasteiger partial charge in [-0.15, -0.1) is 0 Å². The predicted octanol–water partition coefficient (Wildman–Crippen LogP) is 2.57. The van der Waals surface area contributed by atoms with Crippen molar-refractivity contribution in [3.8, 4) is 5.75 Å². The highest BCUT2D eigenvalue weighted by Crippen LogP contribution is 2.10. The van der Waals surface area contributed by atoms with Gasteiger partial charge in [0.25, 0.3) is 0 Å². The lowest BCUT2D eigenvalue weighted by molar-refractivity contribution is 0.0542. The van der Waals surface area contributed by atoms with E-state index in [0.717, 1.165) is 18.8 Å². The van der Waals surface area contributed by atoms with Crippen LogP contribution < -0.4 is 4.74 Å². The molecule has 2 aromatic carbocycles. The maximum absolute atomic E-state index is 10.3. The van der Waals surface area contributed by atoms with E-state index in [1.807, 2.05) is 48.5 Å². The van der Waals surface area contributed by atoms with Gasteiger partial charge in [-0.3, -0.25) is 4.90 Å². The Balaban J connectivity index is 1.83. The van der Waals surface area contributed by atoms with Gasteiger partial charge < -0.3 is 14.6 Å². The number of aliphatic hydroxyl groups excluding tert-OH is 1. The SMILES string of the molecule is COCCN(Cc1ccccc1)CC(O)COc1ccccc1. The largest absolute Gasteiger partial charge is 0.491 e. The van der Waals surface area contributed by atoms with Crippen molar-refractivity contribution in [3.05, 3.63) is 66.2 Å². The van der Waals surface area contributed by atoms with Gasteiger partial charge in [0.2, 0.25) is 0 Å². The van der Waals surface area contributed by atoms with Crippen LogP contribution in [0.4, 0.5) is 0 Å². The molecule has 0 spiro atoms. The van der Waals surface area contributed by atoms with E-state index in [2.05, 4.69) is 17.0 Å². The van der Waals surface area contributed by atoms with Crippen molar-refractivity contribution < 1.29 is 14.6 Å². The van der Waals surface area contributed by atoms with Crippen LogP contribution in [0.15, 0.2) is 60.7 Å². The Morgan fingerprint density at radius 3 is 2.30 bits per heavy atom. The van der Waals surface area contributed by atoms with Crippen LogP contribution in [-0.4, -0.2) is 49.5 Å². The molecule has 0 amide bonds. The number of hydrogen-bond donors (Lipinski definition) is 1. The summed E-state index contributed by atoms with van der Waals surface area (Å²) >= 11 is 0. The summed E-state index contributed by atoms with van der Waals surface area (Å²) in [5, 5.41) is 10.3. The fourth-order valence-corrected chi connectivity index (χ4v) is 2.36. The number of rotatable bonds is 10. The van der Waals surface area contributed by atoms with E-state index >= 15 is 0 Å². The van der Waals surface area contributed by atoms with Gasteiger partial charge in [0.15, 0.2) is 0 Å². The van der Waals surface area contributed by atoms with E-state index in [0.29, 0.717) is 13.2 Å². The van der Waals surface area contributed by atoms with Crippen LogP contribution in [-0.2, 0) is 11.3 Å². The molecule has 124 valence electrons. The Morgan fingerprint density at radius 2 is 1.65 bits per heavy atom. The lowest BCUT2D eigenvalue weighted by Gasteiger charge is -2.25. The average Bonchev–Trinajstić information content (AvgIpc) is 2.60. The monoisotopic (exact) mass is 315 g/mol. The van der Waals surface area contributed by atoms with E-state index < -0.39 is 6.10 Å². The summed E-state index contributed by atoms with van der Waals surface area (Å²) < 4.78 is 10.8. The zero-order chi connectivity index (χ0) is 16.3. The van der Waals surface area contributed by atoms with Gasteiger partial charge in [-0.25, -0.2) is 0 Å². The maximum atomic E-state index is 10.3. The number of para-hydroxylation sites is 1. The molecule has 1 unspecified atom stereocenters. The molecule has 0 aliphatic rings. The number of aliphatic hydroxyl groups is 1. The summed E-state index contributed by atoms with van der Waals surface area (Å²) in [5.74, 6) is 0.776. The quantitative estimate of drug-likeness (QED) is 0.732. The third kappa shape index (κ3) is 6.82. The van der Waals surface area contributed by atoms with Gasteiger partial charge in [-0.1, -0.05) is 48.5 Å². The maximum Gasteiger partial charge on any atom is 0.119 e. The van der Waals surface area contributed by atoms with Crippen molar-refractivity contribution >= 4 is 0 Å². The van der Waals surface area contributed by atoms with Crippen molar-refractivity contribution in [1.82, 2.24) is 4.90 Å². The van der Waals surface area contributed by atoms with Crippen molar-refractivity contribution in [3.63, 3.8) is 0 Å². The van der Waals surface area contributed by atoms with Crippen molar-refractivity contribution in [2.45, 2.75) is 12.6 Å². The van der Waals surface area contributed by atoms with Gasteiger partial charge in [-0.2, -0.15) is 0 Å². The van der Waals surface area contributed by atoms with Gasteiger partial charge in [-0.05, 0) is 17.7 Å². The first-order valence-electron chi connectivity index (χ1n) is 7.89. The second-order valence-electron chi connectivity index (χ2n) is 5.49. The summed E-state index contributed by atoms with van der Waals surface area (Å²) in [5.41, 5.74) is 1.22. The molecule has 0 aromatic heterocycles. The number of methoxy groups -OCH3 is 1. The van der Waals surface area contributed by atoms with Crippen LogP contribution in [0.1, 0.15) is 5.56 Å². The van der Waals surface area contributed by atoms with Crippen LogP contribution in [0.2, 0.25) is 0 Å². The first-order chi connectivity index (χ1) is 11.3. The molecule has 0 heterocycles. The average molecular weight is 315 g/mol. The summed E-state index contributed by atoms with van der Waals surface area (Å²) in [6.45, 7) is 3.02. The van der Waals surface area contributed by atoms with E-state index in [-0.39, 0.29) is 6.61 Å². The van der Waals surface area contributed by atoms with Crippen molar-refractivity contribution in [2.75, 3.05) is 33.4 Å². The predicted molar refractivity (Wildman–Crippen MR) is 91.5 cm³/mol. The van der Waals surface area contributed by atoms with Crippen LogP contribution in [0.3, 0.4) is 0 Å². The Bertz CT molecular complexity index is 533. The summed E-state index contributed by atoms with van der Waals surface area (Å²) in [7, 11) is 1.69. The smallest absolute Gasteiger partial charge is 0.119 e. The molecular weight excluding hydrogens is 290 g/mol. The Hall–Kier alpha value is -1.88. The molecule has 0 bridgehead atoms. The van der Waals surface area contributed by atoms with E-state index in [1.54, 1.807) is 7.11 Å². The highest BCUT2D eigenvalue weighted by atomic mass is 16.5. The minimum atomic E-state index is -0.546. The van der Waals surface area contributed by atoms with E-state index in [4.69, 9.17) is 9.47 Å². The second-order valence-corrected chi connectivity index (χ2v) is 5.49. The molecule has 2 aromatic rings. The second kappa shape index (κ2) is 10.0. The lowest BCUT2D eigenvalue weighted by Crippen LogP contribution is -2.37. The van der Waals surface area contributed by atoms with Gasteiger partial charge in [0, 0.05) is 26.7 Å². The summed E-state index contributed by atoms with van der Waals surface area (Å²) in [4.78, 5) is 2.18. The number of nitrogens with zero attached hydrogens (tertiary/aromatic N) is 1. The number of hydrogen-bond acceptors (Lipinski definition) is 4. The third-order valence-electron chi connectivity index (χ3n) is 3.52. The fourth-order valence-electron chi connectivity index (χ4n) is 2.36. The zero-order valence-corrected chi connectivity index (χ0v) is 13.6. The molecule has 4 heteroatoms. The molecule has 2 rings (SSSR count). The van der Waals surface area contributed by atoms with E-state index in [1.165, 1.54) is 5.56 Å². The Morgan fingerprint density at radius 1 is 1.00 bits per heavy atom. The van der Waals surface area contributed by atoms with E-state index in [9.17, 15) is 5.11 Å². The Labute approximate surface area is 138 Å². The van der Waals surface area contributed by atoms with Gasteiger partial charge in [0.1, 0.15) is 18.5 Å². The van der Waals surface area contributed by atoms with Crippen LogP contribution in [0.5, 0.6) is 5.75 Å². The minimum Gasteiger partial charge on any atom is -0.491 e. The van der Waals surface area contributed by atoms with Crippen LogP contribution >= 0.6 is 0 Å². The molecule has 0 saturated heterocycles. The third-order valence-corrected chi connectivity index (χ3v) is 3.52. The molecule has 0 fully saturated rings. The number of ether oxygens (including phenoxy) is 2. The molecule has 0 radical (unpaired) electrons. The molecule has 1 N–H and O–H groups in total. The normalized spacial score (nSPS) is 12.3. The molecule has 0 saturated carbocycles. The lowest BCUT2D eigenvalue weighted by atomic mass is 10.2. The fraction of sp³-hybridized carbons (Fsp3) is 0.368. The molecular formula is C19H25NO3. The first-order valence-corrected chi connectivity index (χ1v) is 7.89. The molecule has 0 aliphatic carbocycles. The first kappa shape index (κ1) is 17.5. The van der Waals surface area contributed by atoms with Crippen molar-refractivity contribution in [1.29, 1.82) is 0 Å². The Kier molecular flexibility index (Phi) is 7.60. The molecule has 23 heavy (non-hydrogen) atoms. The zero-order valence-electron chi connectivity index (χ0n) is 13.6. The number of benzene rings is 2. The van der Waals surface area contributed by atoms with Crippen molar-refractivity contribution in [2.24, 2.45) is 0 Å². The van der Waals surface area contributed by atoms with Crippen LogP contribution in [0.25, 0.3) is 0 Å². The summed E-state index contributed by atoms with van der Waals surface area (Å²) in [6, 6.07) is 19.8. The summed E-state index contributed by atoms with van der Waals surface area (Å²) in [6.07, 6.45) is -0.546. The van der Waals surface area contributed by atoms with Gasteiger partial charge in [0.05, 0.1) is 6.61 Å². The van der Waals surface area contributed by atoms with Crippen LogP contribution in [0, 0.1) is 0 Å². The standard InChI is InChI=1S/C19H25NO3/c1-22-13-12-20(14-17-8-4-2-5-9-17)15-18(21)16-23-19-10-6-3-7-11-19/h2-11,18,21H,12-16H2,1H3. The van der Waals surface area contributed by atoms with Gasteiger partial charge >= 0.3 is 0 Å². The molecule has 1 atom stereocenters.